The summed E-state index contributed by atoms with van der Waals surface area (Å²) in [5.74, 6) is -71.3. The summed E-state index contributed by atoms with van der Waals surface area (Å²) in [5, 5.41) is 8.87. The van der Waals surface area contributed by atoms with Crippen molar-refractivity contribution in [2.45, 2.75) is 13.0 Å². The van der Waals surface area contributed by atoms with Gasteiger partial charge in [-0.05, 0) is 17.7 Å². The summed E-state index contributed by atoms with van der Waals surface area (Å²) in [6.07, 6.45) is -1.29. The Kier molecular flexibility index (Phi) is 14.3. The Hall–Kier alpha value is -7.78. The van der Waals surface area contributed by atoms with Crippen LogP contribution in [0.2, 0.25) is 0 Å². The maximum atomic E-state index is 15.4. The topological polar surface area (TPSA) is 57.6 Å². The van der Waals surface area contributed by atoms with Crippen LogP contribution in [0.1, 0.15) is 27.2 Å². The van der Waals surface area contributed by atoms with Gasteiger partial charge in [0.1, 0.15) is 52.7 Å². The van der Waals surface area contributed by atoms with Gasteiger partial charge in [0.25, 0.3) is 0 Å². The van der Waals surface area contributed by atoms with Crippen molar-refractivity contribution < 1.29 is 97.2 Å². The van der Waals surface area contributed by atoms with Crippen molar-refractivity contribution in [1.82, 2.24) is 4.98 Å². The highest BCUT2D eigenvalue weighted by atomic mass is 19.2. The highest BCUT2D eigenvalue weighted by molar-refractivity contribution is 7.20. The third-order valence-corrected chi connectivity index (χ3v) is 10.5. The molecular formula is C44H16BF20N3O. The molecule has 4 nitrogen and oxygen atoms in total. The molecule has 0 aliphatic carbocycles. The first-order valence-electron chi connectivity index (χ1n) is 18.6. The SMILES string of the molecule is Fc1c(F)c(F)c([B-](c2c(F)c(F)c(F)c(F)c2F)(c2c(F)c(F)c(F)c(F)c2F)c2c(F)c(F)c(F)c(F)c2F)c(F)c1F.N#Cc1ccc(Cc2cncc[n+]2CC(=O)c2ccccc2)cc1. The third-order valence-electron chi connectivity index (χ3n) is 10.5. The number of rotatable bonds is 9. The minimum atomic E-state index is -7.22. The van der Waals surface area contributed by atoms with Crippen LogP contribution in [-0.4, -0.2) is 16.9 Å². The molecule has 7 aromatic rings. The van der Waals surface area contributed by atoms with E-state index in [9.17, 15) is 57.5 Å². The number of ketones is 1. The van der Waals surface area contributed by atoms with E-state index >= 15 is 35.1 Å². The summed E-state index contributed by atoms with van der Waals surface area (Å²) in [6, 6.07) is 18.8. The molecule has 0 spiro atoms. The van der Waals surface area contributed by atoms with Gasteiger partial charge in [-0.3, -0.25) is 9.78 Å². The molecule has 0 N–H and O–H groups in total. The summed E-state index contributed by atoms with van der Waals surface area (Å²) in [4.78, 5) is 16.6. The van der Waals surface area contributed by atoms with Gasteiger partial charge in [0.15, 0.2) is 76.0 Å². The molecule has 356 valence electrons. The fourth-order valence-electron chi connectivity index (χ4n) is 7.37. The van der Waals surface area contributed by atoms with E-state index in [0.717, 1.165) is 11.3 Å². The second-order valence-electron chi connectivity index (χ2n) is 14.3. The zero-order valence-electron chi connectivity index (χ0n) is 33.2. The molecular weight excluding hydrogens is 977 g/mol. The lowest BCUT2D eigenvalue weighted by Crippen LogP contribution is -2.81. The number of Topliss-reactive ketones (excluding diaryl/α,β-unsaturated/α-hetero) is 1. The van der Waals surface area contributed by atoms with Crippen LogP contribution in [0.25, 0.3) is 0 Å². The smallest absolute Gasteiger partial charge is 0.227 e. The van der Waals surface area contributed by atoms with Crippen LogP contribution < -0.4 is 26.4 Å². The first kappa shape index (κ1) is 50.6. The molecule has 7 rings (SSSR count). The molecule has 69 heavy (non-hydrogen) atoms. The molecule has 6 aromatic carbocycles. The quantitative estimate of drug-likeness (QED) is 0.0364. The van der Waals surface area contributed by atoms with Crippen LogP contribution in [0.4, 0.5) is 87.8 Å². The van der Waals surface area contributed by atoms with Gasteiger partial charge in [-0.2, -0.15) is 9.83 Å². The second kappa shape index (κ2) is 19.4. The zero-order valence-corrected chi connectivity index (χ0v) is 33.2. The van der Waals surface area contributed by atoms with E-state index < -0.39 is 144 Å². The van der Waals surface area contributed by atoms with Crippen LogP contribution in [0, 0.1) is 128 Å². The summed E-state index contributed by atoms with van der Waals surface area (Å²) in [5.41, 5.74) is -11.0. The van der Waals surface area contributed by atoms with Crippen LogP contribution in [0.15, 0.2) is 73.2 Å². The monoisotopic (exact) mass is 993 g/mol. The lowest BCUT2D eigenvalue weighted by atomic mass is 9.12. The molecule has 25 heteroatoms. The minimum absolute atomic E-state index is 0.0629. The number of hydrogen-bond acceptors (Lipinski definition) is 3. The van der Waals surface area contributed by atoms with Gasteiger partial charge in [0.2, 0.25) is 18.0 Å². The fourth-order valence-corrected chi connectivity index (χ4v) is 7.37. The largest absolute Gasteiger partial charge is 0.287 e. The first-order valence-corrected chi connectivity index (χ1v) is 18.6. The van der Waals surface area contributed by atoms with Crippen LogP contribution in [0.5, 0.6) is 0 Å². The maximum Gasteiger partial charge on any atom is 0.227 e. The lowest BCUT2D eigenvalue weighted by molar-refractivity contribution is -0.690. The number of carbonyl (C=O) groups is 1. The van der Waals surface area contributed by atoms with E-state index in [4.69, 9.17) is 5.26 Å². The molecule has 0 aliphatic rings. The normalized spacial score (nSPS) is 11.3. The average molecular weight is 993 g/mol. The summed E-state index contributed by atoms with van der Waals surface area (Å²) in [7, 11) is 0. The summed E-state index contributed by atoms with van der Waals surface area (Å²) < 4.78 is 296. The van der Waals surface area contributed by atoms with E-state index in [2.05, 4.69) is 11.1 Å². The van der Waals surface area contributed by atoms with Crippen molar-refractivity contribution in [2.24, 2.45) is 0 Å². The predicted molar refractivity (Wildman–Crippen MR) is 198 cm³/mol. The molecule has 0 aliphatic heterocycles. The predicted octanol–water partition coefficient (Wildman–Crippen LogP) is 8.56. The molecule has 0 bridgehead atoms. The number of nitrogens with zero attached hydrogens (tertiary/aromatic N) is 3. The van der Waals surface area contributed by atoms with Crippen molar-refractivity contribution in [3.63, 3.8) is 0 Å². The fraction of sp³-hybridized carbons (Fsp3) is 0.0455. The van der Waals surface area contributed by atoms with Gasteiger partial charge < -0.3 is 0 Å². The lowest BCUT2D eigenvalue weighted by Gasteiger charge is -2.44. The van der Waals surface area contributed by atoms with Gasteiger partial charge in [0, 0.05) is 5.56 Å². The van der Waals surface area contributed by atoms with Gasteiger partial charge in [-0.15, -0.1) is 21.9 Å². The van der Waals surface area contributed by atoms with Crippen molar-refractivity contribution >= 4 is 33.8 Å². The van der Waals surface area contributed by atoms with Gasteiger partial charge in [-0.1, -0.05) is 42.5 Å². The third kappa shape index (κ3) is 8.47. The average Bonchev–Trinajstić information content (AvgIpc) is 3.35. The Bertz CT molecular complexity index is 2880. The molecule has 0 unspecified atom stereocenters. The summed E-state index contributed by atoms with van der Waals surface area (Å²) in [6.45, 7) is 0.276. The van der Waals surface area contributed by atoms with Crippen LogP contribution >= 0.6 is 0 Å². The molecule has 0 radical (unpaired) electrons. The number of nitriles is 1. The van der Waals surface area contributed by atoms with E-state index in [1.165, 1.54) is 0 Å². The van der Waals surface area contributed by atoms with Gasteiger partial charge in [0.05, 0.1) is 30.4 Å². The number of aromatic nitrogens is 2. The molecule has 0 saturated heterocycles. The van der Waals surface area contributed by atoms with Crippen molar-refractivity contribution in [1.29, 1.82) is 5.26 Å². The highest BCUT2D eigenvalue weighted by Crippen LogP contribution is 2.31. The molecule has 0 amide bonds. The Morgan fingerprint density at radius 1 is 0.464 bits per heavy atom. The van der Waals surface area contributed by atoms with Crippen molar-refractivity contribution in [2.75, 3.05) is 0 Å². The van der Waals surface area contributed by atoms with E-state index in [-0.39, 0.29) is 12.3 Å². The Balaban J connectivity index is 0.000000273. The Morgan fingerprint density at radius 2 is 0.783 bits per heavy atom. The number of carbonyl (C=O) groups excluding carboxylic acids is 1. The number of hydrogen-bond donors (Lipinski definition) is 0. The molecule has 1 aromatic heterocycles. The molecule has 0 fully saturated rings. The molecule has 0 atom stereocenters. The zero-order chi connectivity index (χ0) is 51.1. The van der Waals surface area contributed by atoms with Gasteiger partial charge in [-0.25, -0.2) is 87.8 Å². The van der Waals surface area contributed by atoms with E-state index in [1.807, 2.05) is 53.2 Å². The van der Waals surface area contributed by atoms with E-state index in [0.29, 0.717) is 17.5 Å². The Morgan fingerprint density at radius 3 is 1.10 bits per heavy atom. The standard InChI is InChI=1S/C24BF20.C20H16N3O/c26-5-1(6(27)14(35)21(42)13(5)34)25(2-7(28)15(36)22(43)16(37)8(2)29,3-9(30)17(38)23(44)18(39)10(3)31)4-11(32)19(40)24(45)20(41)12(4)33;21-13-17-8-6-16(7-9-17)12-19-14-22-10-11-23(19)15-20(24)18-4-2-1-3-5-18/h;1-11,14H,12,15H2/q-1;+1. The summed E-state index contributed by atoms with van der Waals surface area (Å²) >= 11 is 0. The number of halogens is 20. The molecule has 1 heterocycles. The maximum absolute atomic E-state index is 15.4. The highest BCUT2D eigenvalue weighted by Gasteiger charge is 2.52. The van der Waals surface area contributed by atoms with Crippen LogP contribution in [0.3, 0.4) is 0 Å². The van der Waals surface area contributed by atoms with E-state index in [1.54, 1.807) is 24.5 Å². The number of benzene rings is 6. The van der Waals surface area contributed by atoms with Crippen molar-refractivity contribution in [3.8, 4) is 6.07 Å². The first-order chi connectivity index (χ1) is 32.5. The Labute approximate surface area is 371 Å². The van der Waals surface area contributed by atoms with Crippen LogP contribution in [-0.2, 0) is 13.0 Å². The molecule has 0 saturated carbocycles. The van der Waals surface area contributed by atoms with Gasteiger partial charge >= 0.3 is 0 Å². The minimum Gasteiger partial charge on any atom is -0.287 e. The van der Waals surface area contributed by atoms with Crippen molar-refractivity contribution in [3.05, 3.63) is 212 Å². The second-order valence-corrected chi connectivity index (χ2v) is 14.3.